The molecule has 9 heteroatoms. The van der Waals surface area contributed by atoms with Crippen LogP contribution in [0.3, 0.4) is 0 Å². The maximum absolute atomic E-state index is 12.1. The van der Waals surface area contributed by atoms with E-state index in [1.807, 2.05) is 0 Å². The predicted octanol–water partition coefficient (Wildman–Crippen LogP) is 2.30. The van der Waals surface area contributed by atoms with Gasteiger partial charge in [-0.15, -0.1) is 13.2 Å². The van der Waals surface area contributed by atoms with Crippen LogP contribution in [-0.2, 0) is 14.4 Å². The van der Waals surface area contributed by atoms with E-state index < -0.39 is 12.4 Å². The molecule has 2 rings (SSSR count). The van der Waals surface area contributed by atoms with Crippen molar-refractivity contribution in [2.45, 2.75) is 38.6 Å². The fourth-order valence-electron chi connectivity index (χ4n) is 2.44. The minimum absolute atomic E-state index is 0.0224. The van der Waals surface area contributed by atoms with Crippen molar-refractivity contribution in [1.29, 1.82) is 0 Å². The van der Waals surface area contributed by atoms with Crippen molar-refractivity contribution in [3.05, 3.63) is 29.8 Å². The summed E-state index contributed by atoms with van der Waals surface area (Å²) in [4.78, 5) is 35.9. The van der Waals surface area contributed by atoms with Crippen LogP contribution < -0.4 is 10.1 Å². The number of nitrogens with zero attached hydrogens (tertiary/aromatic N) is 1. The van der Waals surface area contributed by atoms with Crippen LogP contribution in [0, 0.1) is 0 Å². The maximum Gasteiger partial charge on any atom is 0.573 e. The summed E-state index contributed by atoms with van der Waals surface area (Å²) in [5.74, 6) is -1.28. The van der Waals surface area contributed by atoms with E-state index >= 15 is 0 Å². The number of imide groups is 1. The highest BCUT2D eigenvalue weighted by Crippen LogP contribution is 2.24. The lowest BCUT2D eigenvalue weighted by Crippen LogP contribution is -2.34. The summed E-state index contributed by atoms with van der Waals surface area (Å²) in [6, 6.07) is 4.71. The molecule has 136 valence electrons. The van der Waals surface area contributed by atoms with Crippen molar-refractivity contribution >= 4 is 17.7 Å². The van der Waals surface area contributed by atoms with Gasteiger partial charge in [0.25, 0.3) is 0 Å². The summed E-state index contributed by atoms with van der Waals surface area (Å²) in [6.07, 6.45) is -4.45. The van der Waals surface area contributed by atoms with Gasteiger partial charge in [-0.05, 0) is 24.6 Å². The molecule has 1 aliphatic heterocycles. The number of amides is 3. The molecule has 1 unspecified atom stereocenters. The number of benzene rings is 1. The summed E-state index contributed by atoms with van der Waals surface area (Å²) < 4.78 is 40.1. The third-order valence-electron chi connectivity index (χ3n) is 3.71. The number of halogens is 3. The van der Waals surface area contributed by atoms with Gasteiger partial charge >= 0.3 is 6.36 Å². The van der Waals surface area contributed by atoms with Gasteiger partial charge in [0, 0.05) is 25.8 Å². The molecule has 0 spiro atoms. The van der Waals surface area contributed by atoms with Gasteiger partial charge in [-0.2, -0.15) is 0 Å². The van der Waals surface area contributed by atoms with E-state index in [0.29, 0.717) is 5.56 Å². The number of rotatable bonds is 6. The van der Waals surface area contributed by atoms with Crippen LogP contribution in [0.5, 0.6) is 5.75 Å². The van der Waals surface area contributed by atoms with E-state index in [1.165, 1.54) is 12.1 Å². The van der Waals surface area contributed by atoms with Gasteiger partial charge in [0.05, 0.1) is 6.04 Å². The third-order valence-corrected chi connectivity index (χ3v) is 3.71. The topological polar surface area (TPSA) is 75.7 Å². The molecular formula is C16H17F3N2O4. The Bertz CT molecular complexity index is 642. The lowest BCUT2D eigenvalue weighted by Gasteiger charge is -2.17. The summed E-state index contributed by atoms with van der Waals surface area (Å²) >= 11 is 0. The normalized spacial score (nSPS) is 16.1. The highest BCUT2D eigenvalue weighted by atomic mass is 19.4. The van der Waals surface area contributed by atoms with Crippen molar-refractivity contribution in [1.82, 2.24) is 10.2 Å². The first-order valence-corrected chi connectivity index (χ1v) is 7.64. The molecule has 1 aliphatic rings. The number of alkyl halides is 3. The van der Waals surface area contributed by atoms with Crippen LogP contribution in [-0.4, -0.2) is 35.5 Å². The second kappa shape index (κ2) is 7.54. The summed E-state index contributed by atoms with van der Waals surface area (Å²) in [5.41, 5.74) is 0.594. The Hall–Kier alpha value is -2.58. The van der Waals surface area contributed by atoms with Gasteiger partial charge in [-0.25, -0.2) is 0 Å². The van der Waals surface area contributed by atoms with E-state index in [2.05, 4.69) is 10.1 Å². The molecule has 0 bridgehead atoms. The molecule has 1 heterocycles. The Balaban J connectivity index is 1.84. The molecule has 0 aromatic heterocycles. The number of hydrogen-bond donors (Lipinski definition) is 1. The molecule has 25 heavy (non-hydrogen) atoms. The number of carbonyl (C=O) groups excluding carboxylic acids is 3. The molecule has 0 aliphatic carbocycles. The van der Waals surface area contributed by atoms with Crippen molar-refractivity contribution in [2.24, 2.45) is 0 Å². The number of hydrogen-bond acceptors (Lipinski definition) is 4. The van der Waals surface area contributed by atoms with Gasteiger partial charge < -0.3 is 10.1 Å². The van der Waals surface area contributed by atoms with Crippen LogP contribution in [0.25, 0.3) is 0 Å². The van der Waals surface area contributed by atoms with Crippen LogP contribution in [0.15, 0.2) is 24.3 Å². The molecule has 0 saturated carbocycles. The van der Waals surface area contributed by atoms with Crippen molar-refractivity contribution in [2.75, 3.05) is 6.54 Å². The van der Waals surface area contributed by atoms with E-state index in [0.717, 1.165) is 17.0 Å². The van der Waals surface area contributed by atoms with Crippen molar-refractivity contribution in [3.63, 3.8) is 0 Å². The quantitative estimate of drug-likeness (QED) is 0.792. The fraction of sp³-hybridized carbons (Fsp3) is 0.438. The average molecular weight is 358 g/mol. The summed E-state index contributed by atoms with van der Waals surface area (Å²) in [6.45, 7) is 1.69. The predicted molar refractivity (Wildman–Crippen MR) is 80.3 cm³/mol. The zero-order valence-electron chi connectivity index (χ0n) is 13.4. The van der Waals surface area contributed by atoms with Gasteiger partial charge in [0.1, 0.15) is 5.75 Å². The van der Waals surface area contributed by atoms with Crippen LogP contribution in [0.2, 0.25) is 0 Å². The first kappa shape index (κ1) is 18.8. The second-order valence-corrected chi connectivity index (χ2v) is 5.60. The maximum atomic E-state index is 12.1. The van der Waals surface area contributed by atoms with Crippen molar-refractivity contribution in [3.8, 4) is 5.75 Å². The monoisotopic (exact) mass is 358 g/mol. The molecule has 1 aromatic carbocycles. The third kappa shape index (κ3) is 5.47. The SMILES string of the molecule is CC(NC(=O)CCN1C(=O)CCC1=O)c1ccc(OC(F)(F)F)cc1. The van der Waals surface area contributed by atoms with Gasteiger partial charge in [0.15, 0.2) is 0 Å². The first-order chi connectivity index (χ1) is 11.7. The molecule has 1 fully saturated rings. The van der Waals surface area contributed by atoms with Crippen LogP contribution in [0.4, 0.5) is 13.2 Å². The number of ether oxygens (including phenoxy) is 1. The molecule has 1 N–H and O–H groups in total. The van der Waals surface area contributed by atoms with E-state index in [9.17, 15) is 27.6 Å². The smallest absolute Gasteiger partial charge is 0.406 e. The Morgan fingerprint density at radius 1 is 1.20 bits per heavy atom. The Morgan fingerprint density at radius 2 is 1.76 bits per heavy atom. The highest BCUT2D eigenvalue weighted by molar-refractivity contribution is 6.02. The lowest BCUT2D eigenvalue weighted by molar-refractivity contribution is -0.274. The molecular weight excluding hydrogens is 341 g/mol. The van der Waals surface area contributed by atoms with E-state index in [-0.39, 0.29) is 49.3 Å². The van der Waals surface area contributed by atoms with Gasteiger partial charge in [-0.1, -0.05) is 12.1 Å². The van der Waals surface area contributed by atoms with Gasteiger partial charge in [-0.3, -0.25) is 19.3 Å². The molecule has 3 amide bonds. The van der Waals surface area contributed by atoms with Crippen molar-refractivity contribution < 1.29 is 32.3 Å². The van der Waals surface area contributed by atoms with Gasteiger partial charge in [0.2, 0.25) is 17.7 Å². The zero-order valence-corrected chi connectivity index (χ0v) is 13.4. The lowest BCUT2D eigenvalue weighted by atomic mass is 10.1. The Morgan fingerprint density at radius 3 is 2.28 bits per heavy atom. The van der Waals surface area contributed by atoms with Crippen LogP contribution in [0.1, 0.15) is 37.8 Å². The summed E-state index contributed by atoms with van der Waals surface area (Å²) in [7, 11) is 0. The van der Waals surface area contributed by atoms with Crippen LogP contribution >= 0.6 is 0 Å². The zero-order chi connectivity index (χ0) is 18.6. The molecule has 6 nitrogen and oxygen atoms in total. The summed E-state index contributed by atoms with van der Waals surface area (Å²) in [5, 5.41) is 2.67. The minimum Gasteiger partial charge on any atom is -0.406 e. The van der Waals surface area contributed by atoms with E-state index in [1.54, 1.807) is 6.92 Å². The second-order valence-electron chi connectivity index (χ2n) is 5.60. The minimum atomic E-state index is -4.76. The molecule has 1 saturated heterocycles. The first-order valence-electron chi connectivity index (χ1n) is 7.64. The molecule has 1 aromatic rings. The highest BCUT2D eigenvalue weighted by Gasteiger charge is 2.31. The number of carbonyl (C=O) groups is 3. The number of likely N-dealkylation sites (tertiary alicyclic amines) is 1. The molecule has 0 radical (unpaired) electrons. The van der Waals surface area contributed by atoms with E-state index in [4.69, 9.17) is 0 Å². The number of nitrogens with one attached hydrogen (secondary N) is 1. The Kier molecular flexibility index (Phi) is 5.66. The average Bonchev–Trinajstić information content (AvgIpc) is 2.83. The standard InChI is InChI=1S/C16H17F3N2O4/c1-10(11-2-4-12(5-3-11)25-16(17,18)19)20-13(22)8-9-21-14(23)6-7-15(21)24/h2-5,10H,6-9H2,1H3,(H,20,22). The Labute approximate surface area is 141 Å². The molecule has 1 atom stereocenters. The fourth-order valence-corrected chi connectivity index (χ4v) is 2.44. The largest absolute Gasteiger partial charge is 0.573 e.